The largest absolute Gasteiger partial charge is 0.330 e. The minimum absolute atomic E-state index is 0.00783. The van der Waals surface area contributed by atoms with Gasteiger partial charge in [-0.05, 0) is 37.0 Å². The SMILES string of the molecule is Cc1ccc(NC(=O)C(CN)CC(C)C)cc1S(N)(=O)=O. The highest BCUT2D eigenvalue weighted by Crippen LogP contribution is 2.20. The van der Waals surface area contributed by atoms with Crippen molar-refractivity contribution in [3.63, 3.8) is 0 Å². The van der Waals surface area contributed by atoms with E-state index in [1.807, 2.05) is 13.8 Å². The molecule has 1 aromatic rings. The molecule has 0 aliphatic carbocycles. The van der Waals surface area contributed by atoms with E-state index in [0.717, 1.165) is 0 Å². The molecule has 0 aromatic heterocycles. The second-order valence-corrected chi connectivity index (χ2v) is 7.11. The molecule has 1 rings (SSSR count). The molecule has 0 aliphatic heterocycles. The lowest BCUT2D eigenvalue weighted by Crippen LogP contribution is -2.30. The van der Waals surface area contributed by atoms with Crippen molar-refractivity contribution in [2.75, 3.05) is 11.9 Å². The number of rotatable bonds is 6. The van der Waals surface area contributed by atoms with Crippen LogP contribution in [0.25, 0.3) is 0 Å². The number of benzene rings is 1. The number of sulfonamides is 1. The third kappa shape index (κ3) is 5.11. The van der Waals surface area contributed by atoms with Crippen LogP contribution in [0, 0.1) is 18.8 Å². The van der Waals surface area contributed by atoms with Gasteiger partial charge < -0.3 is 11.1 Å². The monoisotopic (exact) mass is 313 g/mol. The zero-order valence-electron chi connectivity index (χ0n) is 12.6. The molecule has 0 heterocycles. The summed E-state index contributed by atoms with van der Waals surface area (Å²) < 4.78 is 22.9. The average Bonchev–Trinajstić information content (AvgIpc) is 2.36. The molecule has 0 saturated heterocycles. The summed E-state index contributed by atoms with van der Waals surface area (Å²) in [4.78, 5) is 12.2. The Labute approximate surface area is 126 Å². The number of primary sulfonamides is 1. The van der Waals surface area contributed by atoms with E-state index in [9.17, 15) is 13.2 Å². The second kappa shape index (κ2) is 7.02. The molecule has 6 nitrogen and oxygen atoms in total. The first-order valence-corrected chi connectivity index (χ1v) is 8.34. The van der Waals surface area contributed by atoms with E-state index in [1.165, 1.54) is 6.07 Å². The molecule has 0 aliphatic rings. The molecule has 1 aromatic carbocycles. The number of aryl methyl sites for hydroxylation is 1. The molecule has 0 fully saturated rings. The minimum Gasteiger partial charge on any atom is -0.330 e. The Morgan fingerprint density at radius 1 is 1.33 bits per heavy atom. The number of anilines is 1. The Bertz CT molecular complexity index is 612. The molecule has 1 amide bonds. The number of carbonyl (C=O) groups excluding carboxylic acids is 1. The first-order valence-electron chi connectivity index (χ1n) is 6.79. The van der Waals surface area contributed by atoms with Gasteiger partial charge in [-0.1, -0.05) is 19.9 Å². The van der Waals surface area contributed by atoms with Crippen LogP contribution in [0.3, 0.4) is 0 Å². The fourth-order valence-electron chi connectivity index (χ4n) is 2.11. The van der Waals surface area contributed by atoms with Crippen LogP contribution in [0.4, 0.5) is 5.69 Å². The maximum absolute atomic E-state index is 12.2. The summed E-state index contributed by atoms with van der Waals surface area (Å²) >= 11 is 0. The van der Waals surface area contributed by atoms with E-state index in [-0.39, 0.29) is 23.3 Å². The van der Waals surface area contributed by atoms with Gasteiger partial charge in [-0.2, -0.15) is 0 Å². The van der Waals surface area contributed by atoms with Gasteiger partial charge in [0.25, 0.3) is 0 Å². The van der Waals surface area contributed by atoms with Crippen molar-refractivity contribution in [2.45, 2.75) is 32.1 Å². The van der Waals surface area contributed by atoms with Crippen LogP contribution in [0.2, 0.25) is 0 Å². The number of nitrogens with two attached hydrogens (primary N) is 2. The van der Waals surface area contributed by atoms with Crippen molar-refractivity contribution < 1.29 is 13.2 Å². The zero-order chi connectivity index (χ0) is 16.2. The van der Waals surface area contributed by atoms with Crippen molar-refractivity contribution in [2.24, 2.45) is 22.7 Å². The second-order valence-electron chi connectivity index (χ2n) is 5.58. The smallest absolute Gasteiger partial charge is 0.238 e. The summed E-state index contributed by atoms with van der Waals surface area (Å²) in [6, 6.07) is 4.62. The van der Waals surface area contributed by atoms with Gasteiger partial charge in [-0.25, -0.2) is 13.6 Å². The van der Waals surface area contributed by atoms with Crippen LogP contribution in [0.15, 0.2) is 23.1 Å². The summed E-state index contributed by atoms with van der Waals surface area (Å²) in [5.74, 6) is -0.165. The summed E-state index contributed by atoms with van der Waals surface area (Å²) in [5, 5.41) is 7.85. The number of nitrogens with one attached hydrogen (secondary N) is 1. The van der Waals surface area contributed by atoms with E-state index in [1.54, 1.807) is 19.1 Å². The molecule has 5 N–H and O–H groups in total. The van der Waals surface area contributed by atoms with Crippen molar-refractivity contribution in [1.82, 2.24) is 0 Å². The maximum Gasteiger partial charge on any atom is 0.238 e. The fourth-order valence-corrected chi connectivity index (χ4v) is 2.92. The number of hydrogen-bond acceptors (Lipinski definition) is 4. The van der Waals surface area contributed by atoms with E-state index < -0.39 is 10.0 Å². The molecular formula is C14H23N3O3S. The number of amides is 1. The lowest BCUT2D eigenvalue weighted by atomic mass is 9.96. The highest BCUT2D eigenvalue weighted by Gasteiger charge is 2.19. The molecule has 1 atom stereocenters. The fraction of sp³-hybridized carbons (Fsp3) is 0.500. The Morgan fingerprint density at radius 3 is 2.43 bits per heavy atom. The first-order chi connectivity index (χ1) is 9.65. The Morgan fingerprint density at radius 2 is 1.95 bits per heavy atom. The molecular weight excluding hydrogens is 290 g/mol. The van der Waals surface area contributed by atoms with Crippen molar-refractivity contribution >= 4 is 21.6 Å². The first kappa shape index (κ1) is 17.6. The number of hydrogen-bond donors (Lipinski definition) is 3. The normalized spacial score (nSPS) is 13.2. The standard InChI is InChI=1S/C14H23N3O3S/c1-9(2)6-11(8-15)14(18)17-12-5-4-10(3)13(7-12)21(16,19)20/h4-5,7,9,11H,6,8,15H2,1-3H3,(H,17,18)(H2,16,19,20). The Hall–Kier alpha value is -1.44. The van der Waals surface area contributed by atoms with Gasteiger partial charge in [-0.3, -0.25) is 4.79 Å². The van der Waals surface area contributed by atoms with Gasteiger partial charge in [0.05, 0.1) is 10.8 Å². The molecule has 1 unspecified atom stereocenters. The highest BCUT2D eigenvalue weighted by atomic mass is 32.2. The Balaban J connectivity index is 2.96. The molecule has 0 radical (unpaired) electrons. The van der Waals surface area contributed by atoms with Crippen LogP contribution in [0.5, 0.6) is 0 Å². The third-order valence-corrected chi connectivity index (χ3v) is 4.23. The van der Waals surface area contributed by atoms with Gasteiger partial charge in [0, 0.05) is 12.2 Å². The molecule has 118 valence electrons. The van der Waals surface area contributed by atoms with Crippen LogP contribution in [-0.2, 0) is 14.8 Å². The van der Waals surface area contributed by atoms with Crippen LogP contribution >= 0.6 is 0 Å². The summed E-state index contributed by atoms with van der Waals surface area (Å²) in [5.41, 5.74) is 6.56. The highest BCUT2D eigenvalue weighted by molar-refractivity contribution is 7.89. The van der Waals surface area contributed by atoms with E-state index in [2.05, 4.69) is 5.32 Å². The molecule has 21 heavy (non-hydrogen) atoms. The maximum atomic E-state index is 12.2. The molecule has 0 spiro atoms. The van der Waals surface area contributed by atoms with Gasteiger partial charge >= 0.3 is 0 Å². The lowest BCUT2D eigenvalue weighted by molar-refractivity contribution is -0.120. The third-order valence-electron chi connectivity index (χ3n) is 3.17. The zero-order valence-corrected chi connectivity index (χ0v) is 13.4. The lowest BCUT2D eigenvalue weighted by Gasteiger charge is -2.17. The van der Waals surface area contributed by atoms with Crippen LogP contribution in [-0.4, -0.2) is 20.9 Å². The predicted molar refractivity (Wildman–Crippen MR) is 83.2 cm³/mol. The molecule has 0 saturated carbocycles. The quantitative estimate of drug-likeness (QED) is 0.732. The van der Waals surface area contributed by atoms with Crippen molar-refractivity contribution in [1.29, 1.82) is 0 Å². The van der Waals surface area contributed by atoms with E-state index >= 15 is 0 Å². The predicted octanol–water partition coefficient (Wildman–Crippen LogP) is 1.20. The van der Waals surface area contributed by atoms with Gasteiger partial charge in [0.1, 0.15) is 0 Å². The van der Waals surface area contributed by atoms with Crippen LogP contribution in [0.1, 0.15) is 25.8 Å². The van der Waals surface area contributed by atoms with Crippen molar-refractivity contribution in [3.05, 3.63) is 23.8 Å². The molecule has 7 heteroatoms. The van der Waals surface area contributed by atoms with Gasteiger partial charge in [-0.15, -0.1) is 0 Å². The summed E-state index contributed by atoms with van der Waals surface area (Å²) in [6.45, 7) is 5.92. The van der Waals surface area contributed by atoms with Crippen molar-refractivity contribution in [3.8, 4) is 0 Å². The summed E-state index contributed by atoms with van der Waals surface area (Å²) in [7, 11) is -3.81. The number of carbonyl (C=O) groups is 1. The minimum atomic E-state index is -3.81. The van der Waals surface area contributed by atoms with Crippen LogP contribution < -0.4 is 16.2 Å². The topological polar surface area (TPSA) is 115 Å². The molecule has 0 bridgehead atoms. The van der Waals surface area contributed by atoms with Gasteiger partial charge in [0.15, 0.2) is 0 Å². The average molecular weight is 313 g/mol. The van der Waals surface area contributed by atoms with E-state index in [4.69, 9.17) is 10.9 Å². The Kier molecular flexibility index (Phi) is 5.88. The van der Waals surface area contributed by atoms with E-state index in [0.29, 0.717) is 23.6 Å². The van der Waals surface area contributed by atoms with Gasteiger partial charge in [0.2, 0.25) is 15.9 Å². The summed E-state index contributed by atoms with van der Waals surface area (Å²) in [6.07, 6.45) is 0.677.